The number of carboxylic acids is 1. The third-order valence-corrected chi connectivity index (χ3v) is 3.65. The van der Waals surface area contributed by atoms with E-state index in [1.165, 1.54) is 5.56 Å². The number of benzene rings is 1. The van der Waals surface area contributed by atoms with Crippen LogP contribution in [0.1, 0.15) is 45.1 Å². The normalized spacial score (nSPS) is 13.2. The lowest BCUT2D eigenvalue weighted by atomic mass is 10.0. The number of aliphatic carboxylic acids is 1. The minimum Gasteiger partial charge on any atom is -0.494 e. The summed E-state index contributed by atoms with van der Waals surface area (Å²) in [5, 5.41) is 9.16. The van der Waals surface area contributed by atoms with Gasteiger partial charge < -0.3 is 14.6 Å². The number of hydrogen-bond donors (Lipinski definition) is 1. The molecule has 0 aliphatic heterocycles. The molecule has 0 spiro atoms. The van der Waals surface area contributed by atoms with Gasteiger partial charge in [0.2, 0.25) is 0 Å². The van der Waals surface area contributed by atoms with Gasteiger partial charge in [0.15, 0.2) is 5.92 Å². The van der Waals surface area contributed by atoms with Crippen molar-refractivity contribution in [2.24, 2.45) is 5.92 Å². The average molecular weight is 322 g/mol. The fourth-order valence-electron chi connectivity index (χ4n) is 1.98. The van der Waals surface area contributed by atoms with E-state index >= 15 is 0 Å². The second kappa shape index (κ2) is 9.87. The first-order valence-electron chi connectivity index (χ1n) is 8.06. The molecule has 0 heterocycles. The number of esters is 1. The van der Waals surface area contributed by atoms with Crippen molar-refractivity contribution in [1.29, 1.82) is 0 Å². The van der Waals surface area contributed by atoms with Crippen LogP contribution in [0.25, 0.3) is 0 Å². The van der Waals surface area contributed by atoms with Crippen LogP contribution in [-0.4, -0.2) is 29.8 Å². The van der Waals surface area contributed by atoms with Crippen LogP contribution in [0.15, 0.2) is 24.3 Å². The fourth-order valence-corrected chi connectivity index (χ4v) is 1.98. The Morgan fingerprint density at radius 3 is 2.39 bits per heavy atom. The molecule has 5 heteroatoms. The third-order valence-electron chi connectivity index (χ3n) is 3.65. The predicted molar refractivity (Wildman–Crippen MR) is 87.5 cm³/mol. The highest BCUT2D eigenvalue weighted by molar-refractivity contribution is 5.93. The van der Waals surface area contributed by atoms with Gasteiger partial charge in [-0.1, -0.05) is 24.6 Å². The third kappa shape index (κ3) is 7.17. The Labute approximate surface area is 137 Å². The zero-order valence-electron chi connectivity index (χ0n) is 14.1. The average Bonchev–Trinajstić information content (AvgIpc) is 2.51. The molecule has 0 aliphatic carbocycles. The van der Waals surface area contributed by atoms with Gasteiger partial charge in [-0.25, -0.2) is 0 Å². The van der Waals surface area contributed by atoms with Gasteiger partial charge in [-0.2, -0.15) is 0 Å². The summed E-state index contributed by atoms with van der Waals surface area (Å²) in [5.74, 6) is -2.08. The van der Waals surface area contributed by atoms with E-state index in [4.69, 9.17) is 14.6 Å². The van der Waals surface area contributed by atoms with E-state index in [0.717, 1.165) is 5.75 Å². The Morgan fingerprint density at radius 1 is 1.17 bits per heavy atom. The number of unbranched alkanes of at least 4 members (excludes halogenated alkanes) is 1. The molecule has 2 atom stereocenters. The second-order valence-electron chi connectivity index (χ2n) is 5.70. The molecule has 128 valence electrons. The van der Waals surface area contributed by atoms with Crippen molar-refractivity contribution in [3.63, 3.8) is 0 Å². The molecule has 0 bridgehead atoms. The molecule has 23 heavy (non-hydrogen) atoms. The highest BCUT2D eigenvalue weighted by atomic mass is 16.5. The Balaban J connectivity index is 2.31. The van der Waals surface area contributed by atoms with E-state index in [1.807, 2.05) is 38.1 Å². The molecule has 1 rings (SSSR count). The smallest absolute Gasteiger partial charge is 0.320 e. The van der Waals surface area contributed by atoms with Crippen LogP contribution in [-0.2, 0) is 14.3 Å². The molecule has 1 aromatic rings. The first kappa shape index (κ1) is 19.0. The van der Waals surface area contributed by atoms with Crippen LogP contribution < -0.4 is 4.74 Å². The van der Waals surface area contributed by atoms with Gasteiger partial charge in [0.1, 0.15) is 5.75 Å². The zero-order chi connectivity index (χ0) is 17.2. The lowest BCUT2D eigenvalue weighted by Crippen LogP contribution is -2.28. The van der Waals surface area contributed by atoms with Gasteiger partial charge in [0.05, 0.1) is 12.7 Å². The van der Waals surface area contributed by atoms with Crippen molar-refractivity contribution in [2.75, 3.05) is 6.61 Å². The number of carbonyl (C=O) groups is 2. The molecule has 0 aromatic heterocycles. The molecule has 0 saturated heterocycles. The standard InChI is InChI=1S/C18H26O5/c1-4-14(3)23-18(21)16(17(19)20)7-5-6-12-22-15-10-8-13(2)9-11-15/h8-11,14,16H,4-7,12H2,1-3H3,(H,19,20). The molecule has 2 unspecified atom stereocenters. The van der Waals surface area contributed by atoms with E-state index in [0.29, 0.717) is 25.9 Å². The van der Waals surface area contributed by atoms with Gasteiger partial charge in [-0.3, -0.25) is 9.59 Å². The lowest BCUT2D eigenvalue weighted by molar-refractivity contribution is -0.162. The molecular weight excluding hydrogens is 296 g/mol. The summed E-state index contributed by atoms with van der Waals surface area (Å²) in [6.45, 7) is 6.15. The Morgan fingerprint density at radius 2 is 1.83 bits per heavy atom. The summed E-state index contributed by atoms with van der Waals surface area (Å²) in [6, 6.07) is 7.75. The molecule has 0 fully saturated rings. The van der Waals surface area contributed by atoms with E-state index in [2.05, 4.69) is 0 Å². The Bertz CT molecular complexity index is 495. The van der Waals surface area contributed by atoms with Gasteiger partial charge in [0.25, 0.3) is 0 Å². The maximum atomic E-state index is 11.8. The Hall–Kier alpha value is -2.04. The molecule has 5 nitrogen and oxygen atoms in total. The topological polar surface area (TPSA) is 72.8 Å². The van der Waals surface area contributed by atoms with E-state index in [-0.39, 0.29) is 12.5 Å². The molecule has 0 amide bonds. The van der Waals surface area contributed by atoms with Crippen LogP contribution in [0.4, 0.5) is 0 Å². The summed E-state index contributed by atoms with van der Waals surface area (Å²) >= 11 is 0. The number of aryl methyl sites for hydroxylation is 1. The summed E-state index contributed by atoms with van der Waals surface area (Å²) in [7, 11) is 0. The molecular formula is C18H26O5. The lowest BCUT2D eigenvalue weighted by Gasteiger charge is -2.15. The van der Waals surface area contributed by atoms with Crippen molar-refractivity contribution < 1.29 is 24.2 Å². The van der Waals surface area contributed by atoms with E-state index < -0.39 is 17.9 Å². The first-order chi connectivity index (χ1) is 10.9. The second-order valence-corrected chi connectivity index (χ2v) is 5.70. The Kier molecular flexibility index (Phi) is 8.16. The number of rotatable bonds is 10. The van der Waals surface area contributed by atoms with Crippen molar-refractivity contribution >= 4 is 11.9 Å². The highest BCUT2D eigenvalue weighted by Gasteiger charge is 2.28. The molecule has 0 aliphatic rings. The van der Waals surface area contributed by atoms with Gasteiger partial charge >= 0.3 is 11.9 Å². The van der Waals surface area contributed by atoms with Crippen LogP contribution >= 0.6 is 0 Å². The molecule has 0 radical (unpaired) electrons. The number of ether oxygens (including phenoxy) is 2. The van der Waals surface area contributed by atoms with Crippen molar-refractivity contribution in [1.82, 2.24) is 0 Å². The monoisotopic (exact) mass is 322 g/mol. The fraction of sp³-hybridized carbons (Fsp3) is 0.556. The number of carbonyl (C=O) groups excluding carboxylic acids is 1. The van der Waals surface area contributed by atoms with Crippen LogP contribution in [0.5, 0.6) is 5.75 Å². The first-order valence-corrected chi connectivity index (χ1v) is 8.06. The number of carboxylic acid groups (broad SMARTS) is 1. The molecule has 1 aromatic carbocycles. The molecule has 1 N–H and O–H groups in total. The zero-order valence-corrected chi connectivity index (χ0v) is 14.1. The largest absolute Gasteiger partial charge is 0.494 e. The van der Waals surface area contributed by atoms with E-state index in [1.54, 1.807) is 6.92 Å². The maximum Gasteiger partial charge on any atom is 0.320 e. The van der Waals surface area contributed by atoms with E-state index in [9.17, 15) is 9.59 Å². The van der Waals surface area contributed by atoms with Crippen molar-refractivity contribution in [2.45, 2.75) is 52.6 Å². The number of hydrogen-bond acceptors (Lipinski definition) is 4. The van der Waals surface area contributed by atoms with Gasteiger partial charge in [-0.15, -0.1) is 0 Å². The van der Waals surface area contributed by atoms with Crippen LogP contribution in [0, 0.1) is 12.8 Å². The van der Waals surface area contributed by atoms with Gasteiger partial charge in [0, 0.05) is 0 Å². The van der Waals surface area contributed by atoms with Gasteiger partial charge in [-0.05, 0) is 51.7 Å². The van der Waals surface area contributed by atoms with Crippen molar-refractivity contribution in [3.8, 4) is 5.75 Å². The maximum absolute atomic E-state index is 11.8. The summed E-state index contributed by atoms with van der Waals surface area (Å²) in [6.07, 6.45) is 1.96. The summed E-state index contributed by atoms with van der Waals surface area (Å²) in [4.78, 5) is 23.0. The minimum absolute atomic E-state index is 0.255. The quantitative estimate of drug-likeness (QED) is 0.405. The van der Waals surface area contributed by atoms with Crippen LogP contribution in [0.2, 0.25) is 0 Å². The summed E-state index contributed by atoms with van der Waals surface area (Å²) in [5.41, 5.74) is 1.17. The minimum atomic E-state index is -1.13. The van der Waals surface area contributed by atoms with Crippen LogP contribution in [0.3, 0.4) is 0 Å². The SMILES string of the molecule is CCC(C)OC(=O)C(CCCCOc1ccc(C)cc1)C(=O)O. The van der Waals surface area contributed by atoms with Crippen molar-refractivity contribution in [3.05, 3.63) is 29.8 Å². The summed E-state index contributed by atoms with van der Waals surface area (Å²) < 4.78 is 10.7. The highest BCUT2D eigenvalue weighted by Crippen LogP contribution is 2.15. The predicted octanol–water partition coefficient (Wildman–Crippen LogP) is 3.59. The molecule has 0 saturated carbocycles.